The summed E-state index contributed by atoms with van der Waals surface area (Å²) in [5, 5.41) is 3.15. The molecule has 2 saturated heterocycles. The molecule has 0 bridgehead atoms. The molecule has 29 heavy (non-hydrogen) atoms. The third kappa shape index (κ3) is 5.49. The molecule has 0 radical (unpaired) electrons. The van der Waals surface area contributed by atoms with Gasteiger partial charge in [-0.3, -0.25) is 9.59 Å². The van der Waals surface area contributed by atoms with E-state index in [4.69, 9.17) is 0 Å². The van der Waals surface area contributed by atoms with E-state index in [1.54, 1.807) is 11.0 Å². The maximum absolute atomic E-state index is 14.3. The van der Waals surface area contributed by atoms with Gasteiger partial charge in [0.15, 0.2) is 0 Å². The standard InChI is InChI=1S/C23H34FN3O2/c1-16-9-10-18(24)20(13-16)26-11-5-7-17(15-26)25-22(29)19-8-6-12-27(19)21(28)14-23(2,3)4/h9-10,13,17,19H,5-8,11-12,14-15H2,1-4H3,(H,25,29). The second-order valence-corrected chi connectivity index (χ2v) is 9.73. The van der Waals surface area contributed by atoms with Crippen LogP contribution >= 0.6 is 0 Å². The predicted octanol–water partition coefficient (Wildman–Crippen LogP) is 3.65. The van der Waals surface area contributed by atoms with Gasteiger partial charge in [-0.25, -0.2) is 4.39 Å². The Morgan fingerprint density at radius 2 is 1.90 bits per heavy atom. The zero-order valence-corrected chi connectivity index (χ0v) is 18.1. The van der Waals surface area contributed by atoms with Crippen molar-refractivity contribution in [1.29, 1.82) is 0 Å². The summed E-state index contributed by atoms with van der Waals surface area (Å²) in [5.74, 6) is -0.235. The number of nitrogens with one attached hydrogen (secondary N) is 1. The number of amides is 2. The number of piperidine rings is 1. The van der Waals surface area contributed by atoms with Crippen molar-refractivity contribution in [2.45, 2.75) is 71.9 Å². The van der Waals surface area contributed by atoms with E-state index in [0.717, 1.165) is 31.4 Å². The molecule has 3 rings (SSSR count). The molecule has 2 heterocycles. The smallest absolute Gasteiger partial charge is 0.243 e. The van der Waals surface area contributed by atoms with Crippen LogP contribution in [0, 0.1) is 18.2 Å². The highest BCUT2D eigenvalue weighted by Crippen LogP contribution is 2.27. The van der Waals surface area contributed by atoms with Crippen molar-refractivity contribution in [1.82, 2.24) is 10.2 Å². The van der Waals surface area contributed by atoms with Crippen molar-refractivity contribution in [3.05, 3.63) is 29.6 Å². The minimum absolute atomic E-state index is 0.0312. The zero-order chi connectivity index (χ0) is 21.2. The summed E-state index contributed by atoms with van der Waals surface area (Å²) in [7, 11) is 0. The Hall–Kier alpha value is -2.11. The van der Waals surface area contributed by atoms with Crippen LogP contribution < -0.4 is 10.2 Å². The largest absolute Gasteiger partial charge is 0.367 e. The van der Waals surface area contributed by atoms with Gasteiger partial charge in [-0.2, -0.15) is 0 Å². The Balaban J connectivity index is 1.62. The molecule has 2 fully saturated rings. The number of carbonyl (C=O) groups excluding carboxylic acids is 2. The lowest BCUT2D eigenvalue weighted by Crippen LogP contribution is -2.53. The molecule has 2 amide bonds. The normalized spacial score (nSPS) is 22.7. The summed E-state index contributed by atoms with van der Waals surface area (Å²) in [6, 6.07) is 4.73. The number of hydrogen-bond donors (Lipinski definition) is 1. The molecule has 160 valence electrons. The van der Waals surface area contributed by atoms with Crippen molar-refractivity contribution in [3.8, 4) is 0 Å². The molecule has 5 nitrogen and oxygen atoms in total. The van der Waals surface area contributed by atoms with E-state index in [1.165, 1.54) is 6.07 Å². The van der Waals surface area contributed by atoms with Crippen molar-refractivity contribution >= 4 is 17.5 Å². The van der Waals surface area contributed by atoms with E-state index >= 15 is 0 Å². The van der Waals surface area contributed by atoms with Gasteiger partial charge in [0, 0.05) is 32.1 Å². The van der Waals surface area contributed by atoms with Crippen LogP contribution in [0.1, 0.15) is 58.4 Å². The van der Waals surface area contributed by atoms with Crippen molar-refractivity contribution in [2.24, 2.45) is 5.41 Å². The molecular formula is C23H34FN3O2. The van der Waals surface area contributed by atoms with Crippen LogP contribution in [-0.2, 0) is 9.59 Å². The van der Waals surface area contributed by atoms with E-state index in [2.05, 4.69) is 5.32 Å². The molecule has 1 N–H and O–H groups in total. The minimum atomic E-state index is -0.379. The Morgan fingerprint density at radius 1 is 1.17 bits per heavy atom. The highest BCUT2D eigenvalue weighted by molar-refractivity contribution is 5.88. The summed E-state index contributed by atoms with van der Waals surface area (Å²) in [4.78, 5) is 29.4. The fraction of sp³-hybridized carbons (Fsp3) is 0.652. The highest BCUT2D eigenvalue weighted by atomic mass is 19.1. The first-order chi connectivity index (χ1) is 13.6. The molecule has 2 unspecified atom stereocenters. The Morgan fingerprint density at radius 3 is 2.62 bits per heavy atom. The van der Waals surface area contributed by atoms with Gasteiger partial charge in [-0.1, -0.05) is 26.8 Å². The number of anilines is 1. The topological polar surface area (TPSA) is 52.7 Å². The van der Waals surface area contributed by atoms with Gasteiger partial charge in [0.2, 0.25) is 11.8 Å². The molecule has 0 aromatic heterocycles. The molecule has 6 heteroatoms. The summed E-state index contributed by atoms with van der Waals surface area (Å²) in [6.45, 7) is 10.1. The lowest BCUT2D eigenvalue weighted by atomic mass is 9.91. The maximum atomic E-state index is 14.3. The molecule has 1 aromatic rings. The van der Waals surface area contributed by atoms with Gasteiger partial charge in [-0.15, -0.1) is 0 Å². The molecule has 2 atom stereocenters. The number of aryl methyl sites for hydroxylation is 1. The summed E-state index contributed by atoms with van der Waals surface area (Å²) in [6.07, 6.45) is 3.79. The molecule has 0 aliphatic carbocycles. The quantitative estimate of drug-likeness (QED) is 0.835. The first-order valence-corrected chi connectivity index (χ1v) is 10.7. The van der Waals surface area contributed by atoms with E-state index in [-0.39, 0.29) is 35.1 Å². The highest BCUT2D eigenvalue weighted by Gasteiger charge is 2.36. The number of likely N-dealkylation sites (tertiary alicyclic amines) is 1. The second kappa shape index (κ2) is 8.72. The average Bonchev–Trinajstić information content (AvgIpc) is 3.13. The predicted molar refractivity (Wildman–Crippen MR) is 113 cm³/mol. The number of halogens is 1. The SMILES string of the molecule is Cc1ccc(F)c(N2CCCC(NC(=O)C3CCCN3C(=O)CC(C)(C)C)C2)c1. The molecule has 1 aromatic carbocycles. The first kappa shape index (κ1) is 21.6. The average molecular weight is 404 g/mol. The van der Waals surface area contributed by atoms with Gasteiger partial charge >= 0.3 is 0 Å². The number of carbonyl (C=O) groups is 2. The molecule has 0 spiro atoms. The van der Waals surface area contributed by atoms with E-state index in [1.807, 2.05) is 38.7 Å². The Kier molecular flexibility index (Phi) is 6.49. The first-order valence-electron chi connectivity index (χ1n) is 10.7. The lowest BCUT2D eigenvalue weighted by molar-refractivity contribution is -0.140. The van der Waals surface area contributed by atoms with Crippen molar-refractivity contribution in [2.75, 3.05) is 24.5 Å². The Labute approximate surface area is 173 Å². The third-order valence-electron chi connectivity index (χ3n) is 5.77. The number of nitrogens with zero attached hydrogens (tertiary/aromatic N) is 2. The third-order valence-corrected chi connectivity index (χ3v) is 5.77. The molecular weight excluding hydrogens is 369 g/mol. The van der Waals surface area contributed by atoms with E-state index in [9.17, 15) is 14.0 Å². The summed E-state index contributed by atoms with van der Waals surface area (Å²) >= 11 is 0. The molecule has 2 aliphatic heterocycles. The number of benzene rings is 1. The zero-order valence-electron chi connectivity index (χ0n) is 18.1. The summed E-state index contributed by atoms with van der Waals surface area (Å²) < 4.78 is 14.3. The van der Waals surface area contributed by atoms with Gasteiger partial charge in [-0.05, 0) is 55.7 Å². The fourth-order valence-electron chi connectivity index (χ4n) is 4.37. The van der Waals surface area contributed by atoms with Gasteiger partial charge in [0.1, 0.15) is 11.9 Å². The minimum Gasteiger partial charge on any atom is -0.367 e. The van der Waals surface area contributed by atoms with Crippen LogP contribution in [0.4, 0.5) is 10.1 Å². The van der Waals surface area contributed by atoms with Crippen LogP contribution in [0.3, 0.4) is 0 Å². The van der Waals surface area contributed by atoms with Crippen LogP contribution in [0.2, 0.25) is 0 Å². The fourth-order valence-corrected chi connectivity index (χ4v) is 4.37. The van der Waals surface area contributed by atoms with Crippen LogP contribution in [0.5, 0.6) is 0 Å². The Bertz CT molecular complexity index is 759. The molecule has 0 saturated carbocycles. The lowest BCUT2D eigenvalue weighted by Gasteiger charge is -2.36. The van der Waals surface area contributed by atoms with Crippen molar-refractivity contribution < 1.29 is 14.0 Å². The van der Waals surface area contributed by atoms with Gasteiger partial charge in [0.25, 0.3) is 0 Å². The summed E-state index contributed by atoms with van der Waals surface area (Å²) in [5.41, 5.74) is 1.53. The number of hydrogen-bond acceptors (Lipinski definition) is 3. The van der Waals surface area contributed by atoms with Gasteiger partial charge < -0.3 is 15.1 Å². The molecule has 2 aliphatic rings. The van der Waals surface area contributed by atoms with Crippen molar-refractivity contribution in [3.63, 3.8) is 0 Å². The monoisotopic (exact) mass is 403 g/mol. The van der Waals surface area contributed by atoms with Crippen LogP contribution in [0.25, 0.3) is 0 Å². The van der Waals surface area contributed by atoms with E-state index in [0.29, 0.717) is 31.6 Å². The van der Waals surface area contributed by atoms with Crippen LogP contribution in [0.15, 0.2) is 18.2 Å². The number of rotatable bonds is 4. The van der Waals surface area contributed by atoms with Crippen LogP contribution in [-0.4, -0.2) is 48.4 Å². The maximum Gasteiger partial charge on any atom is 0.243 e. The second-order valence-electron chi connectivity index (χ2n) is 9.73. The van der Waals surface area contributed by atoms with Gasteiger partial charge in [0.05, 0.1) is 5.69 Å². The van der Waals surface area contributed by atoms with E-state index < -0.39 is 0 Å².